The minimum atomic E-state index is -4.88. The molecule has 0 aliphatic heterocycles. The molecule has 2 aromatic carbocycles. The Morgan fingerprint density at radius 3 is 1.79 bits per heavy atom. The number of hydrogen-bond acceptors (Lipinski definition) is 7. The molecule has 0 aliphatic carbocycles. The van der Waals surface area contributed by atoms with Gasteiger partial charge in [-0.05, 0) is 42.7 Å². The third kappa shape index (κ3) is 11.6. The van der Waals surface area contributed by atoms with Crippen LogP contribution < -0.4 is 63.9 Å². The maximum absolute atomic E-state index is 11.8. The molecular formula is C22H28Na2O7S2. The standard InChI is InChI=1S/C22H30O7S2.2Na/c1-2-3-4-5-6-7-8-9-12-18-15-16-20(22(17-18)31(26,27)28)29-19-13-10-11-14-21(19)30(23,24)25;;/h10-11,13-17H,2-9,12H2,1H3,(H,23,24,25)(H,26,27,28);;/q;2*+1/p-2. The number of para-hydroxylation sites is 1. The number of unbranched alkanes of at least 4 members (excludes halogenated alkanes) is 7. The molecule has 0 amide bonds. The van der Waals surface area contributed by atoms with E-state index in [1.54, 1.807) is 6.07 Å². The number of hydrogen-bond donors (Lipinski definition) is 0. The first kappa shape index (κ1) is 33.1. The van der Waals surface area contributed by atoms with Gasteiger partial charge in [0.1, 0.15) is 31.7 Å². The summed E-state index contributed by atoms with van der Waals surface area (Å²) in [6.07, 6.45) is 9.71. The van der Waals surface area contributed by atoms with Gasteiger partial charge in [0.2, 0.25) is 0 Å². The molecule has 0 aliphatic rings. The SMILES string of the molecule is CCCCCCCCCCc1ccc(Oc2ccccc2S(=O)(=O)[O-])c(S(=O)(=O)[O-])c1.[Na+].[Na+]. The maximum atomic E-state index is 11.8. The fraction of sp³-hybridized carbons (Fsp3) is 0.455. The van der Waals surface area contributed by atoms with Crippen molar-refractivity contribution in [2.75, 3.05) is 0 Å². The van der Waals surface area contributed by atoms with Crippen LogP contribution in [0.1, 0.15) is 63.9 Å². The quantitative estimate of drug-likeness (QED) is 0.190. The number of ether oxygens (including phenoxy) is 1. The predicted octanol–water partition coefficient (Wildman–Crippen LogP) is -1.02. The first-order valence-corrected chi connectivity index (χ1v) is 13.3. The van der Waals surface area contributed by atoms with E-state index in [0.717, 1.165) is 25.3 Å². The molecule has 0 saturated heterocycles. The van der Waals surface area contributed by atoms with Gasteiger partial charge in [-0.15, -0.1) is 0 Å². The van der Waals surface area contributed by atoms with Gasteiger partial charge in [0.15, 0.2) is 0 Å². The van der Waals surface area contributed by atoms with Gasteiger partial charge in [-0.3, -0.25) is 0 Å². The van der Waals surface area contributed by atoms with Crippen LogP contribution in [-0.4, -0.2) is 25.9 Å². The van der Waals surface area contributed by atoms with Crippen molar-refractivity contribution in [3.63, 3.8) is 0 Å². The summed E-state index contributed by atoms with van der Waals surface area (Å²) in [5, 5.41) is 0. The number of aryl methyl sites for hydroxylation is 1. The molecule has 0 unspecified atom stereocenters. The minimum absolute atomic E-state index is 0. The maximum Gasteiger partial charge on any atom is 1.00 e. The van der Waals surface area contributed by atoms with E-state index >= 15 is 0 Å². The summed E-state index contributed by atoms with van der Waals surface area (Å²) >= 11 is 0. The summed E-state index contributed by atoms with van der Waals surface area (Å²) in [4.78, 5) is -1.21. The number of rotatable bonds is 13. The van der Waals surface area contributed by atoms with Crippen molar-refractivity contribution in [2.45, 2.75) is 74.5 Å². The third-order valence-electron chi connectivity index (χ3n) is 4.93. The second-order valence-corrected chi connectivity index (χ2v) is 10.2. The van der Waals surface area contributed by atoms with Gasteiger partial charge in [0.05, 0.1) is 9.79 Å². The fourth-order valence-corrected chi connectivity index (χ4v) is 4.56. The van der Waals surface area contributed by atoms with Crippen molar-refractivity contribution in [3.8, 4) is 11.5 Å². The monoisotopic (exact) mass is 514 g/mol. The van der Waals surface area contributed by atoms with Crippen LogP contribution in [-0.2, 0) is 26.7 Å². The molecule has 2 aromatic rings. The topological polar surface area (TPSA) is 124 Å². The Labute approximate surface area is 241 Å². The first-order valence-electron chi connectivity index (χ1n) is 10.4. The molecule has 0 radical (unpaired) electrons. The summed E-state index contributed by atoms with van der Waals surface area (Å²) in [5.41, 5.74) is 0.678. The first-order chi connectivity index (χ1) is 14.6. The van der Waals surface area contributed by atoms with Gasteiger partial charge in [-0.25, -0.2) is 16.8 Å². The molecular weight excluding hydrogens is 486 g/mol. The van der Waals surface area contributed by atoms with Crippen LogP contribution >= 0.6 is 0 Å². The zero-order valence-corrected chi connectivity index (χ0v) is 25.2. The third-order valence-corrected chi connectivity index (χ3v) is 6.67. The fourth-order valence-electron chi connectivity index (χ4n) is 3.31. The Balaban J connectivity index is 0.00000512. The Morgan fingerprint density at radius 2 is 1.21 bits per heavy atom. The molecule has 7 nitrogen and oxygen atoms in total. The molecule has 11 heteroatoms. The molecule has 0 N–H and O–H groups in total. The largest absolute Gasteiger partial charge is 1.00 e. The van der Waals surface area contributed by atoms with E-state index in [9.17, 15) is 25.9 Å². The molecule has 0 heterocycles. The van der Waals surface area contributed by atoms with Gasteiger partial charge >= 0.3 is 59.1 Å². The Morgan fingerprint density at radius 1 is 0.697 bits per heavy atom. The summed E-state index contributed by atoms with van der Waals surface area (Å²) in [7, 11) is -9.71. The molecule has 0 saturated carbocycles. The van der Waals surface area contributed by atoms with Crippen molar-refractivity contribution in [2.24, 2.45) is 0 Å². The molecule has 172 valence electrons. The van der Waals surface area contributed by atoms with E-state index in [-0.39, 0.29) is 70.6 Å². The van der Waals surface area contributed by atoms with Gasteiger partial charge in [-0.2, -0.15) is 0 Å². The van der Waals surface area contributed by atoms with Crippen LogP contribution in [0.25, 0.3) is 0 Å². The van der Waals surface area contributed by atoms with Gasteiger partial charge in [-0.1, -0.05) is 70.1 Å². The van der Waals surface area contributed by atoms with E-state index in [1.165, 1.54) is 62.4 Å². The molecule has 0 fully saturated rings. The zero-order chi connectivity index (χ0) is 22.9. The van der Waals surface area contributed by atoms with Crippen LogP contribution in [0.2, 0.25) is 0 Å². The molecule has 0 bridgehead atoms. The van der Waals surface area contributed by atoms with Gasteiger partial charge in [0.25, 0.3) is 0 Å². The normalized spacial score (nSPS) is 11.4. The van der Waals surface area contributed by atoms with E-state index < -0.39 is 30.0 Å². The van der Waals surface area contributed by atoms with Crippen molar-refractivity contribution >= 4 is 20.2 Å². The Kier molecular flexibility index (Phi) is 16.0. The van der Waals surface area contributed by atoms with Crippen molar-refractivity contribution in [1.82, 2.24) is 0 Å². The Hall–Kier alpha value is 0.0600. The number of benzene rings is 2. The van der Waals surface area contributed by atoms with Crippen molar-refractivity contribution in [3.05, 3.63) is 48.0 Å². The summed E-state index contributed by atoms with van der Waals surface area (Å²) in [6.45, 7) is 2.18. The molecule has 33 heavy (non-hydrogen) atoms. The molecule has 0 spiro atoms. The minimum Gasteiger partial charge on any atom is -0.744 e. The second-order valence-electron chi connectivity index (χ2n) is 7.46. The van der Waals surface area contributed by atoms with Crippen LogP contribution in [0.5, 0.6) is 11.5 Å². The zero-order valence-electron chi connectivity index (χ0n) is 19.6. The Bertz CT molecular complexity index is 1070. The smallest absolute Gasteiger partial charge is 0.744 e. The van der Waals surface area contributed by atoms with Crippen LogP contribution in [0, 0.1) is 0 Å². The van der Waals surface area contributed by atoms with E-state index in [0.29, 0.717) is 12.0 Å². The van der Waals surface area contributed by atoms with Gasteiger partial charge < -0.3 is 13.8 Å². The predicted molar refractivity (Wildman–Crippen MR) is 115 cm³/mol. The second kappa shape index (κ2) is 15.9. The molecule has 0 atom stereocenters. The van der Waals surface area contributed by atoms with Crippen LogP contribution in [0.4, 0.5) is 0 Å². The van der Waals surface area contributed by atoms with Crippen molar-refractivity contribution in [1.29, 1.82) is 0 Å². The summed E-state index contributed by atoms with van der Waals surface area (Å²) < 4.78 is 74.9. The van der Waals surface area contributed by atoms with Gasteiger partial charge in [0, 0.05) is 0 Å². The molecule has 0 aromatic heterocycles. The molecule has 2 rings (SSSR count). The van der Waals surface area contributed by atoms with Crippen LogP contribution in [0.3, 0.4) is 0 Å². The average molecular weight is 515 g/mol. The van der Waals surface area contributed by atoms with Crippen LogP contribution in [0.15, 0.2) is 52.3 Å². The average Bonchev–Trinajstić information content (AvgIpc) is 2.70. The van der Waals surface area contributed by atoms with E-state index in [4.69, 9.17) is 4.74 Å². The summed E-state index contributed by atoms with van der Waals surface area (Å²) in [5.74, 6) is -0.649. The summed E-state index contributed by atoms with van der Waals surface area (Å²) in [6, 6.07) is 9.27. The van der Waals surface area contributed by atoms with E-state index in [2.05, 4.69) is 6.92 Å². The van der Waals surface area contributed by atoms with Crippen molar-refractivity contribution < 1.29 is 89.8 Å². The van der Waals surface area contributed by atoms with E-state index in [1.807, 2.05) is 0 Å².